The molecule has 170 valence electrons. The number of nitrogens with zero attached hydrogens (tertiary/aromatic N) is 3. The summed E-state index contributed by atoms with van der Waals surface area (Å²) in [6.07, 6.45) is 0. The maximum atomic E-state index is 13.5. The number of amides is 1. The number of piperazine rings is 1. The highest BCUT2D eigenvalue weighted by Crippen LogP contribution is 2.32. The molecule has 1 aliphatic rings. The zero-order chi connectivity index (χ0) is 23.1. The molecule has 1 aromatic heterocycles. The molecule has 1 N–H and O–H groups in total. The van der Waals surface area contributed by atoms with Gasteiger partial charge in [0.15, 0.2) is 0 Å². The normalized spacial score (nSPS) is 17.0. The van der Waals surface area contributed by atoms with Gasteiger partial charge in [-0.15, -0.1) is 0 Å². The minimum absolute atomic E-state index is 0.205. The fraction of sp³-hybridized carbons (Fsp3) is 0.545. The van der Waals surface area contributed by atoms with E-state index in [9.17, 15) is 13.2 Å². The third kappa shape index (κ3) is 4.40. The highest BCUT2D eigenvalue weighted by Gasteiger charge is 2.34. The molecule has 1 saturated heterocycles. The van der Waals surface area contributed by atoms with E-state index >= 15 is 0 Å². The van der Waals surface area contributed by atoms with Gasteiger partial charge in [-0.25, -0.2) is 8.42 Å². The molecule has 1 aromatic carbocycles. The molecule has 31 heavy (non-hydrogen) atoms. The molecule has 2 aromatic rings. The van der Waals surface area contributed by atoms with Crippen LogP contribution in [0.25, 0.3) is 0 Å². The Balaban J connectivity index is 1.72. The number of anilines is 1. The van der Waals surface area contributed by atoms with Crippen molar-refractivity contribution in [2.75, 3.05) is 31.5 Å². The maximum Gasteiger partial charge on any atom is 0.243 e. The van der Waals surface area contributed by atoms with Gasteiger partial charge in [0.05, 0.1) is 16.6 Å². The molecule has 3 rings (SSSR count). The molecule has 1 atom stereocenters. The van der Waals surface area contributed by atoms with Gasteiger partial charge in [0.1, 0.15) is 0 Å². The van der Waals surface area contributed by atoms with Crippen LogP contribution < -0.4 is 5.32 Å². The molecule has 0 saturated carbocycles. The highest BCUT2D eigenvalue weighted by atomic mass is 32.2. The second-order valence-electron chi connectivity index (χ2n) is 8.39. The first kappa shape index (κ1) is 23.4. The number of hydrogen-bond acceptors (Lipinski definition) is 6. The summed E-state index contributed by atoms with van der Waals surface area (Å²) >= 11 is 0. The zero-order valence-corrected chi connectivity index (χ0v) is 20.2. The lowest BCUT2D eigenvalue weighted by atomic mass is 9.95. The van der Waals surface area contributed by atoms with E-state index in [1.54, 1.807) is 13.0 Å². The van der Waals surface area contributed by atoms with Gasteiger partial charge in [0.25, 0.3) is 0 Å². The average Bonchev–Trinajstić information content (AvgIpc) is 3.14. The van der Waals surface area contributed by atoms with Crippen molar-refractivity contribution in [2.24, 2.45) is 0 Å². The van der Waals surface area contributed by atoms with E-state index in [2.05, 4.69) is 10.5 Å². The SMILES string of the molecule is Cc1cc(NC(=O)C(C)N2CCN(S(=O)(=O)c3c(C)c(C)c(C)c(C)c3C)CC2)on1. The summed E-state index contributed by atoms with van der Waals surface area (Å²) in [4.78, 5) is 15.0. The average molecular weight is 449 g/mol. The van der Waals surface area contributed by atoms with Crippen molar-refractivity contribution >= 4 is 21.8 Å². The van der Waals surface area contributed by atoms with E-state index in [-0.39, 0.29) is 5.91 Å². The minimum atomic E-state index is -3.62. The quantitative estimate of drug-likeness (QED) is 0.756. The summed E-state index contributed by atoms with van der Waals surface area (Å²) in [7, 11) is -3.62. The van der Waals surface area contributed by atoms with Crippen LogP contribution in [0.15, 0.2) is 15.5 Å². The van der Waals surface area contributed by atoms with Crippen LogP contribution in [0.4, 0.5) is 5.88 Å². The van der Waals surface area contributed by atoms with E-state index in [0.29, 0.717) is 42.7 Å². The van der Waals surface area contributed by atoms with Crippen molar-refractivity contribution in [2.45, 2.75) is 59.4 Å². The van der Waals surface area contributed by atoms with Crippen LogP contribution in [0, 0.1) is 41.5 Å². The van der Waals surface area contributed by atoms with E-state index in [1.807, 2.05) is 46.4 Å². The molecule has 0 spiro atoms. The number of aromatic nitrogens is 1. The van der Waals surface area contributed by atoms with E-state index < -0.39 is 16.1 Å². The summed E-state index contributed by atoms with van der Waals surface area (Å²) in [5.41, 5.74) is 5.51. The Bertz CT molecular complexity index is 1070. The van der Waals surface area contributed by atoms with Gasteiger partial charge in [0.2, 0.25) is 21.8 Å². The summed E-state index contributed by atoms with van der Waals surface area (Å²) in [6.45, 7) is 15.0. The Hall–Kier alpha value is -2.23. The Morgan fingerprint density at radius 3 is 1.97 bits per heavy atom. The number of carbonyl (C=O) groups is 1. The second-order valence-corrected chi connectivity index (χ2v) is 10.3. The summed E-state index contributed by atoms with van der Waals surface area (Å²) in [6, 6.07) is 1.24. The monoisotopic (exact) mass is 448 g/mol. The van der Waals surface area contributed by atoms with Crippen LogP contribution in [0.1, 0.15) is 40.4 Å². The van der Waals surface area contributed by atoms with Gasteiger partial charge < -0.3 is 4.52 Å². The van der Waals surface area contributed by atoms with Gasteiger partial charge >= 0.3 is 0 Å². The molecular weight excluding hydrogens is 416 g/mol. The van der Waals surface area contributed by atoms with E-state index in [1.165, 1.54) is 4.31 Å². The zero-order valence-electron chi connectivity index (χ0n) is 19.4. The summed E-state index contributed by atoms with van der Waals surface area (Å²) < 4.78 is 33.6. The third-order valence-electron chi connectivity index (χ3n) is 6.60. The fourth-order valence-corrected chi connectivity index (χ4v) is 6.11. The summed E-state index contributed by atoms with van der Waals surface area (Å²) in [5.74, 6) is 0.107. The van der Waals surface area contributed by atoms with Crippen LogP contribution in [0.5, 0.6) is 0 Å². The molecule has 1 unspecified atom stereocenters. The number of carbonyl (C=O) groups excluding carboxylic acids is 1. The molecule has 1 fully saturated rings. The van der Waals surface area contributed by atoms with Crippen molar-refractivity contribution in [1.82, 2.24) is 14.4 Å². The molecule has 8 nitrogen and oxygen atoms in total. The van der Waals surface area contributed by atoms with Crippen LogP contribution in [0.2, 0.25) is 0 Å². The Morgan fingerprint density at radius 2 is 1.48 bits per heavy atom. The minimum Gasteiger partial charge on any atom is -0.338 e. The molecule has 0 aliphatic carbocycles. The van der Waals surface area contributed by atoms with Crippen molar-refractivity contribution < 1.29 is 17.7 Å². The number of benzene rings is 1. The lowest BCUT2D eigenvalue weighted by Gasteiger charge is -2.37. The lowest BCUT2D eigenvalue weighted by molar-refractivity contribution is -0.121. The molecule has 1 amide bonds. The molecule has 0 radical (unpaired) electrons. The third-order valence-corrected chi connectivity index (χ3v) is 8.78. The van der Waals surface area contributed by atoms with Gasteiger partial charge in [-0.3, -0.25) is 15.0 Å². The Morgan fingerprint density at radius 1 is 0.968 bits per heavy atom. The number of rotatable bonds is 5. The van der Waals surface area contributed by atoms with E-state index in [0.717, 1.165) is 27.8 Å². The van der Waals surface area contributed by atoms with Crippen LogP contribution in [-0.2, 0) is 14.8 Å². The molecule has 0 bridgehead atoms. The number of sulfonamides is 1. The number of hydrogen-bond donors (Lipinski definition) is 1. The molecule has 9 heteroatoms. The smallest absolute Gasteiger partial charge is 0.243 e. The molecule has 1 aliphatic heterocycles. The largest absolute Gasteiger partial charge is 0.338 e. The van der Waals surface area contributed by atoms with E-state index in [4.69, 9.17) is 4.52 Å². The van der Waals surface area contributed by atoms with Gasteiger partial charge in [0, 0.05) is 32.2 Å². The molecular formula is C22H32N4O4S. The second kappa shape index (κ2) is 8.72. The van der Waals surface area contributed by atoms with Gasteiger partial charge in [-0.1, -0.05) is 5.16 Å². The predicted molar refractivity (Wildman–Crippen MR) is 120 cm³/mol. The lowest BCUT2D eigenvalue weighted by Crippen LogP contribution is -2.54. The standard InChI is InChI=1S/C22H32N4O4S/c1-13-12-20(30-24-13)23-22(27)19(7)25-8-10-26(11-9-25)31(28,29)21-17(5)15(3)14(2)16(4)18(21)6/h12,19H,8-11H2,1-7H3,(H,23,27). The first-order chi connectivity index (χ1) is 14.4. The first-order valence-corrected chi connectivity index (χ1v) is 11.9. The number of aryl methyl sites for hydroxylation is 1. The Kier molecular flexibility index (Phi) is 6.59. The van der Waals surface area contributed by atoms with Crippen LogP contribution >= 0.6 is 0 Å². The topological polar surface area (TPSA) is 95.8 Å². The predicted octanol–water partition coefficient (Wildman–Crippen LogP) is 2.86. The van der Waals surface area contributed by atoms with Gasteiger partial charge in [-0.2, -0.15) is 4.31 Å². The van der Waals surface area contributed by atoms with Crippen LogP contribution in [-0.4, -0.2) is 60.9 Å². The van der Waals surface area contributed by atoms with Crippen molar-refractivity contribution in [3.05, 3.63) is 39.6 Å². The highest BCUT2D eigenvalue weighted by molar-refractivity contribution is 7.89. The first-order valence-electron chi connectivity index (χ1n) is 10.5. The Labute approximate surface area is 184 Å². The number of nitrogens with one attached hydrogen (secondary N) is 1. The van der Waals surface area contributed by atoms with Crippen LogP contribution in [0.3, 0.4) is 0 Å². The summed E-state index contributed by atoms with van der Waals surface area (Å²) in [5, 5.41) is 6.48. The molecule has 2 heterocycles. The van der Waals surface area contributed by atoms with Crippen molar-refractivity contribution in [1.29, 1.82) is 0 Å². The van der Waals surface area contributed by atoms with Crippen molar-refractivity contribution in [3.63, 3.8) is 0 Å². The van der Waals surface area contributed by atoms with Crippen molar-refractivity contribution in [3.8, 4) is 0 Å². The van der Waals surface area contributed by atoms with Gasteiger partial charge in [-0.05, 0) is 76.3 Å². The maximum absolute atomic E-state index is 13.5. The fourth-order valence-electron chi connectivity index (χ4n) is 4.13.